The fourth-order valence-electron chi connectivity index (χ4n) is 2.40. The van der Waals surface area contributed by atoms with Crippen LogP contribution in [-0.2, 0) is 0 Å². The highest BCUT2D eigenvalue weighted by molar-refractivity contribution is 4.84. The second-order valence-electron chi connectivity index (χ2n) is 6.19. The van der Waals surface area contributed by atoms with Crippen molar-refractivity contribution in [1.29, 1.82) is 0 Å². The van der Waals surface area contributed by atoms with Crippen LogP contribution in [0.1, 0.15) is 91.9 Å². The van der Waals surface area contributed by atoms with Crippen LogP contribution in [0.15, 0.2) is 12.2 Å². The number of unbranched alkanes of at least 4 members (excludes halogenated alkanes) is 4. The van der Waals surface area contributed by atoms with Gasteiger partial charge in [-0.1, -0.05) is 91.2 Å². The Bertz CT molecular complexity index is 168. The van der Waals surface area contributed by atoms with E-state index in [-0.39, 0.29) is 0 Å². The molecular weight excluding hydrogens is 216 g/mol. The monoisotopic (exact) mass is 252 g/mol. The Labute approximate surface area is 116 Å². The summed E-state index contributed by atoms with van der Waals surface area (Å²) in [7, 11) is 0. The molecule has 108 valence electrons. The van der Waals surface area contributed by atoms with Crippen molar-refractivity contribution in [2.24, 2.45) is 11.8 Å². The lowest BCUT2D eigenvalue weighted by Gasteiger charge is -2.14. The number of hydrogen-bond donors (Lipinski definition) is 0. The normalized spacial score (nSPS) is 12.1. The molecule has 0 aliphatic rings. The molecule has 0 saturated heterocycles. The number of rotatable bonds is 12. The summed E-state index contributed by atoms with van der Waals surface area (Å²) in [6, 6.07) is 0. The van der Waals surface area contributed by atoms with Gasteiger partial charge in [0.2, 0.25) is 0 Å². The van der Waals surface area contributed by atoms with Crippen molar-refractivity contribution in [3.63, 3.8) is 0 Å². The van der Waals surface area contributed by atoms with Crippen LogP contribution in [0.2, 0.25) is 0 Å². The molecule has 0 heterocycles. The SMILES string of the molecule is CCCCCC(C/C=C\CC(C)C)CCCCC. The smallest absolute Gasteiger partial charge is 0.0322 e. The van der Waals surface area contributed by atoms with Gasteiger partial charge in [0, 0.05) is 0 Å². The summed E-state index contributed by atoms with van der Waals surface area (Å²) in [5, 5.41) is 0. The van der Waals surface area contributed by atoms with Gasteiger partial charge in [0.25, 0.3) is 0 Å². The quantitative estimate of drug-likeness (QED) is 0.266. The molecule has 0 aromatic rings. The molecule has 0 nitrogen and oxygen atoms in total. The maximum absolute atomic E-state index is 2.45. The molecule has 0 saturated carbocycles. The standard InChI is InChI=1S/C18H36/c1-5-7-9-14-18(15-10-8-6-2)16-12-11-13-17(3)4/h11-12,17-18H,5-10,13-16H2,1-4H3/b12-11-. The summed E-state index contributed by atoms with van der Waals surface area (Å²) < 4.78 is 0. The minimum atomic E-state index is 0.805. The van der Waals surface area contributed by atoms with E-state index in [4.69, 9.17) is 0 Å². The molecule has 0 bridgehead atoms. The molecule has 0 spiro atoms. The van der Waals surface area contributed by atoms with E-state index in [1.54, 1.807) is 0 Å². The largest absolute Gasteiger partial charge is 0.0883 e. The van der Waals surface area contributed by atoms with Crippen LogP contribution in [0, 0.1) is 11.8 Å². The molecule has 18 heavy (non-hydrogen) atoms. The van der Waals surface area contributed by atoms with Gasteiger partial charge < -0.3 is 0 Å². The van der Waals surface area contributed by atoms with Crippen LogP contribution in [-0.4, -0.2) is 0 Å². The average Bonchev–Trinajstić information content (AvgIpc) is 2.34. The highest BCUT2D eigenvalue weighted by Crippen LogP contribution is 2.21. The average molecular weight is 252 g/mol. The predicted octanol–water partition coefficient (Wildman–Crippen LogP) is 6.76. The molecule has 0 N–H and O–H groups in total. The highest BCUT2D eigenvalue weighted by atomic mass is 14.1. The van der Waals surface area contributed by atoms with Crippen LogP contribution < -0.4 is 0 Å². The summed E-state index contributed by atoms with van der Waals surface area (Å²) in [5.74, 6) is 1.76. The third kappa shape index (κ3) is 12.2. The first kappa shape index (κ1) is 17.7. The maximum Gasteiger partial charge on any atom is -0.0322 e. The van der Waals surface area contributed by atoms with Gasteiger partial charge in [0.1, 0.15) is 0 Å². The van der Waals surface area contributed by atoms with Crippen LogP contribution in [0.25, 0.3) is 0 Å². The zero-order chi connectivity index (χ0) is 13.6. The van der Waals surface area contributed by atoms with Gasteiger partial charge in [-0.25, -0.2) is 0 Å². The van der Waals surface area contributed by atoms with Crippen molar-refractivity contribution < 1.29 is 0 Å². The topological polar surface area (TPSA) is 0 Å². The third-order valence-electron chi connectivity index (χ3n) is 3.68. The summed E-state index contributed by atoms with van der Waals surface area (Å²) >= 11 is 0. The molecule has 0 amide bonds. The second kappa shape index (κ2) is 13.2. The fourth-order valence-corrected chi connectivity index (χ4v) is 2.40. The summed E-state index contributed by atoms with van der Waals surface area (Å²) in [6.45, 7) is 9.19. The Balaban J connectivity index is 3.83. The van der Waals surface area contributed by atoms with E-state index in [0.717, 1.165) is 11.8 Å². The van der Waals surface area contributed by atoms with Crippen LogP contribution in [0.3, 0.4) is 0 Å². The Hall–Kier alpha value is -0.260. The molecule has 0 rings (SSSR count). The van der Waals surface area contributed by atoms with Gasteiger partial charge in [-0.3, -0.25) is 0 Å². The van der Waals surface area contributed by atoms with Crippen molar-refractivity contribution in [3.05, 3.63) is 12.2 Å². The molecule has 0 atom stereocenters. The lowest BCUT2D eigenvalue weighted by Crippen LogP contribution is -1.99. The molecule has 0 fully saturated rings. The second-order valence-corrected chi connectivity index (χ2v) is 6.19. The third-order valence-corrected chi connectivity index (χ3v) is 3.68. The van der Waals surface area contributed by atoms with Crippen molar-refractivity contribution >= 4 is 0 Å². The van der Waals surface area contributed by atoms with Crippen molar-refractivity contribution in [2.45, 2.75) is 91.9 Å². The lowest BCUT2D eigenvalue weighted by molar-refractivity contribution is 0.413. The first-order chi connectivity index (χ1) is 8.70. The van der Waals surface area contributed by atoms with Gasteiger partial charge in [-0.2, -0.15) is 0 Å². The molecule has 0 aliphatic carbocycles. The summed E-state index contributed by atoms with van der Waals surface area (Å²) in [6.07, 6.45) is 18.7. The summed E-state index contributed by atoms with van der Waals surface area (Å²) in [5.41, 5.74) is 0. The first-order valence-corrected chi connectivity index (χ1v) is 8.35. The molecule has 0 unspecified atom stereocenters. The maximum atomic E-state index is 2.45. The van der Waals surface area contributed by atoms with Gasteiger partial charge in [-0.05, 0) is 24.7 Å². The van der Waals surface area contributed by atoms with E-state index in [2.05, 4.69) is 39.8 Å². The first-order valence-electron chi connectivity index (χ1n) is 8.35. The van der Waals surface area contributed by atoms with E-state index in [1.807, 2.05) is 0 Å². The lowest BCUT2D eigenvalue weighted by atomic mass is 9.92. The van der Waals surface area contributed by atoms with E-state index >= 15 is 0 Å². The van der Waals surface area contributed by atoms with Crippen molar-refractivity contribution in [2.75, 3.05) is 0 Å². The molecule has 0 aliphatic heterocycles. The van der Waals surface area contributed by atoms with Gasteiger partial charge in [0.05, 0.1) is 0 Å². The minimum absolute atomic E-state index is 0.805. The van der Waals surface area contributed by atoms with Gasteiger partial charge in [-0.15, -0.1) is 0 Å². The van der Waals surface area contributed by atoms with Crippen molar-refractivity contribution in [1.82, 2.24) is 0 Å². The highest BCUT2D eigenvalue weighted by Gasteiger charge is 2.06. The van der Waals surface area contributed by atoms with Crippen LogP contribution in [0.5, 0.6) is 0 Å². The number of allylic oxidation sites excluding steroid dienone is 2. The molecule has 0 radical (unpaired) electrons. The van der Waals surface area contributed by atoms with Crippen LogP contribution >= 0.6 is 0 Å². The Kier molecular flexibility index (Phi) is 13.0. The van der Waals surface area contributed by atoms with Gasteiger partial charge >= 0.3 is 0 Å². The Morgan fingerprint density at radius 3 is 1.67 bits per heavy atom. The van der Waals surface area contributed by atoms with Gasteiger partial charge in [0.15, 0.2) is 0 Å². The van der Waals surface area contributed by atoms with E-state index in [1.165, 1.54) is 64.2 Å². The van der Waals surface area contributed by atoms with E-state index in [9.17, 15) is 0 Å². The molecule has 0 heteroatoms. The zero-order valence-corrected chi connectivity index (χ0v) is 13.4. The van der Waals surface area contributed by atoms with E-state index in [0.29, 0.717) is 0 Å². The number of hydrogen-bond acceptors (Lipinski definition) is 0. The fraction of sp³-hybridized carbons (Fsp3) is 0.889. The Morgan fingerprint density at radius 2 is 1.22 bits per heavy atom. The van der Waals surface area contributed by atoms with Crippen molar-refractivity contribution in [3.8, 4) is 0 Å². The molecule has 0 aromatic carbocycles. The predicted molar refractivity (Wildman–Crippen MR) is 85.0 cm³/mol. The van der Waals surface area contributed by atoms with E-state index < -0.39 is 0 Å². The summed E-state index contributed by atoms with van der Waals surface area (Å²) in [4.78, 5) is 0. The zero-order valence-electron chi connectivity index (χ0n) is 13.4. The minimum Gasteiger partial charge on any atom is -0.0883 e. The molecular formula is C18H36. The van der Waals surface area contributed by atoms with Crippen LogP contribution in [0.4, 0.5) is 0 Å². The Morgan fingerprint density at radius 1 is 0.722 bits per heavy atom. The molecule has 0 aromatic heterocycles.